The minimum absolute atomic E-state index is 0.127. The van der Waals surface area contributed by atoms with Crippen molar-refractivity contribution < 1.29 is 9.59 Å². The molecule has 1 rings (SSSR count). The van der Waals surface area contributed by atoms with E-state index in [1.54, 1.807) is 19.1 Å². The maximum absolute atomic E-state index is 11.6. The van der Waals surface area contributed by atoms with Crippen LogP contribution >= 0.6 is 0 Å². The van der Waals surface area contributed by atoms with Gasteiger partial charge in [0.15, 0.2) is 0 Å². The van der Waals surface area contributed by atoms with Crippen molar-refractivity contribution in [1.82, 2.24) is 0 Å². The topological polar surface area (TPSA) is 112 Å². The van der Waals surface area contributed by atoms with Gasteiger partial charge < -0.3 is 17.2 Å². The molecule has 0 fully saturated rings. The molecule has 0 saturated carbocycles. The van der Waals surface area contributed by atoms with Crippen molar-refractivity contribution in [1.29, 1.82) is 0 Å². The second-order valence-electron chi connectivity index (χ2n) is 5.58. The Morgan fingerprint density at radius 2 is 1.67 bits per heavy atom. The Kier molecular flexibility index (Phi) is 5.90. The highest BCUT2D eigenvalue weighted by atomic mass is 16.1. The third kappa shape index (κ3) is 4.04. The molecule has 6 N–H and O–H groups in total. The number of rotatable bonds is 7. The van der Waals surface area contributed by atoms with Crippen molar-refractivity contribution in [2.24, 2.45) is 23.1 Å². The van der Waals surface area contributed by atoms with Gasteiger partial charge in [0.25, 0.3) is 0 Å². The predicted molar refractivity (Wildman–Crippen MR) is 84.0 cm³/mol. The summed E-state index contributed by atoms with van der Waals surface area (Å²) >= 11 is 0. The number of hydrogen-bond acceptors (Lipinski definition) is 3. The molecule has 0 aromatic heterocycles. The van der Waals surface area contributed by atoms with E-state index in [4.69, 9.17) is 17.2 Å². The summed E-state index contributed by atoms with van der Waals surface area (Å²) in [4.78, 5) is 23.0. The third-order valence-corrected chi connectivity index (χ3v) is 4.18. The van der Waals surface area contributed by atoms with E-state index >= 15 is 0 Å². The molecule has 0 aliphatic carbocycles. The molecule has 2 unspecified atom stereocenters. The number of amides is 2. The third-order valence-electron chi connectivity index (χ3n) is 4.18. The van der Waals surface area contributed by atoms with Crippen molar-refractivity contribution in [3.63, 3.8) is 0 Å². The highest BCUT2D eigenvalue weighted by Crippen LogP contribution is 2.22. The fourth-order valence-electron chi connectivity index (χ4n) is 2.57. The van der Waals surface area contributed by atoms with Gasteiger partial charge in [-0.2, -0.15) is 0 Å². The second-order valence-corrected chi connectivity index (χ2v) is 5.58. The van der Waals surface area contributed by atoms with Crippen molar-refractivity contribution in [2.45, 2.75) is 46.1 Å². The monoisotopic (exact) mass is 291 g/mol. The van der Waals surface area contributed by atoms with Crippen LogP contribution in [-0.2, 0) is 6.42 Å². The van der Waals surface area contributed by atoms with E-state index in [1.807, 2.05) is 0 Å². The first kappa shape index (κ1) is 17.2. The molecule has 0 aliphatic rings. The van der Waals surface area contributed by atoms with Gasteiger partial charge in [0.2, 0.25) is 11.8 Å². The normalized spacial score (nSPS) is 13.7. The fraction of sp³-hybridized carbons (Fsp3) is 0.500. The van der Waals surface area contributed by atoms with Crippen LogP contribution in [0.5, 0.6) is 0 Å². The van der Waals surface area contributed by atoms with Gasteiger partial charge in [0.05, 0.1) is 0 Å². The van der Waals surface area contributed by atoms with E-state index in [0.717, 1.165) is 24.0 Å². The molecule has 2 atom stereocenters. The Balaban J connectivity index is 3.10. The molecular weight excluding hydrogens is 266 g/mol. The molecule has 116 valence electrons. The lowest BCUT2D eigenvalue weighted by molar-refractivity contribution is 0.0987. The predicted octanol–water partition coefficient (Wildman–Crippen LogP) is 1.50. The maximum Gasteiger partial charge on any atom is 0.248 e. The molecule has 2 amide bonds. The molecular formula is C16H25N3O2. The van der Waals surface area contributed by atoms with E-state index in [9.17, 15) is 9.59 Å². The fourth-order valence-corrected chi connectivity index (χ4v) is 2.57. The van der Waals surface area contributed by atoms with Gasteiger partial charge >= 0.3 is 0 Å². The molecule has 1 aromatic rings. The van der Waals surface area contributed by atoms with Gasteiger partial charge in [-0.15, -0.1) is 0 Å². The summed E-state index contributed by atoms with van der Waals surface area (Å²) in [5.41, 5.74) is 19.2. The zero-order chi connectivity index (χ0) is 16.2. The van der Waals surface area contributed by atoms with E-state index < -0.39 is 11.8 Å². The molecule has 0 aliphatic heterocycles. The SMILES string of the molecule is CCC(N)C(C)CCc1c(C(N)=O)ccc(C(N)=O)c1C. The van der Waals surface area contributed by atoms with E-state index in [0.29, 0.717) is 23.5 Å². The second kappa shape index (κ2) is 7.22. The van der Waals surface area contributed by atoms with Crippen LogP contribution in [0.2, 0.25) is 0 Å². The summed E-state index contributed by atoms with van der Waals surface area (Å²) in [7, 11) is 0. The number of primary amides is 2. The first-order valence-corrected chi connectivity index (χ1v) is 7.27. The van der Waals surface area contributed by atoms with Crippen LogP contribution in [0, 0.1) is 12.8 Å². The van der Waals surface area contributed by atoms with Crippen LogP contribution in [0.4, 0.5) is 0 Å². The lowest BCUT2D eigenvalue weighted by Gasteiger charge is -2.20. The lowest BCUT2D eigenvalue weighted by Crippen LogP contribution is -2.28. The summed E-state index contributed by atoms with van der Waals surface area (Å²) in [6.45, 7) is 5.94. The number of nitrogens with two attached hydrogens (primary N) is 3. The molecule has 0 radical (unpaired) electrons. The Morgan fingerprint density at radius 3 is 2.14 bits per heavy atom. The van der Waals surface area contributed by atoms with Crippen molar-refractivity contribution in [3.05, 3.63) is 34.4 Å². The summed E-state index contributed by atoms with van der Waals surface area (Å²) in [6, 6.07) is 3.26. The molecule has 0 heterocycles. The van der Waals surface area contributed by atoms with Gasteiger partial charge in [0.1, 0.15) is 0 Å². The average Bonchev–Trinajstić information content (AvgIpc) is 2.43. The quantitative estimate of drug-likeness (QED) is 0.707. The van der Waals surface area contributed by atoms with Crippen LogP contribution in [0.3, 0.4) is 0 Å². The van der Waals surface area contributed by atoms with Gasteiger partial charge in [-0.1, -0.05) is 13.8 Å². The Labute approximate surface area is 125 Å². The van der Waals surface area contributed by atoms with Crippen molar-refractivity contribution >= 4 is 11.8 Å². The van der Waals surface area contributed by atoms with Crippen LogP contribution in [-0.4, -0.2) is 17.9 Å². The van der Waals surface area contributed by atoms with Crippen LogP contribution < -0.4 is 17.2 Å². The zero-order valence-electron chi connectivity index (χ0n) is 13.0. The summed E-state index contributed by atoms with van der Waals surface area (Å²) in [6.07, 6.45) is 2.39. The number of hydrogen-bond donors (Lipinski definition) is 3. The largest absolute Gasteiger partial charge is 0.366 e. The molecule has 5 heteroatoms. The molecule has 0 bridgehead atoms. The first-order chi connectivity index (χ1) is 9.79. The number of benzene rings is 1. The minimum atomic E-state index is -0.497. The van der Waals surface area contributed by atoms with Crippen LogP contribution in [0.25, 0.3) is 0 Å². The Hall–Kier alpha value is -1.88. The number of carbonyl (C=O) groups excluding carboxylic acids is 2. The Bertz CT molecular complexity index is 541. The minimum Gasteiger partial charge on any atom is -0.366 e. The molecule has 0 spiro atoms. The summed E-state index contributed by atoms with van der Waals surface area (Å²) < 4.78 is 0. The van der Waals surface area contributed by atoms with Gasteiger partial charge in [-0.05, 0) is 55.4 Å². The molecule has 1 aromatic carbocycles. The zero-order valence-corrected chi connectivity index (χ0v) is 13.0. The smallest absolute Gasteiger partial charge is 0.248 e. The van der Waals surface area contributed by atoms with Crippen LogP contribution in [0.15, 0.2) is 12.1 Å². The molecule has 0 saturated heterocycles. The average molecular weight is 291 g/mol. The van der Waals surface area contributed by atoms with E-state index in [-0.39, 0.29) is 6.04 Å². The Morgan fingerprint density at radius 1 is 1.14 bits per heavy atom. The van der Waals surface area contributed by atoms with Gasteiger partial charge in [-0.25, -0.2) is 0 Å². The van der Waals surface area contributed by atoms with Gasteiger partial charge in [0, 0.05) is 17.2 Å². The lowest BCUT2D eigenvalue weighted by atomic mass is 9.88. The summed E-state index contributed by atoms with van der Waals surface area (Å²) in [5.74, 6) is -0.660. The number of carbonyl (C=O) groups is 2. The van der Waals surface area contributed by atoms with Crippen molar-refractivity contribution in [2.75, 3.05) is 0 Å². The first-order valence-electron chi connectivity index (χ1n) is 7.27. The van der Waals surface area contributed by atoms with Gasteiger partial charge in [-0.3, -0.25) is 9.59 Å². The van der Waals surface area contributed by atoms with E-state index in [2.05, 4.69) is 13.8 Å². The summed E-state index contributed by atoms with van der Waals surface area (Å²) in [5, 5.41) is 0. The highest BCUT2D eigenvalue weighted by Gasteiger charge is 2.18. The standard InChI is InChI=1S/C16H25N3O2/c1-4-14(17)9(2)5-6-11-10(3)12(15(18)20)7-8-13(11)16(19)21/h7-9,14H,4-6,17H2,1-3H3,(H2,18,20)(H2,19,21). The molecule has 5 nitrogen and oxygen atoms in total. The molecule has 21 heavy (non-hydrogen) atoms. The highest BCUT2D eigenvalue weighted by molar-refractivity contribution is 5.99. The van der Waals surface area contributed by atoms with E-state index in [1.165, 1.54) is 0 Å². The van der Waals surface area contributed by atoms with Crippen molar-refractivity contribution in [3.8, 4) is 0 Å². The van der Waals surface area contributed by atoms with Crippen LogP contribution in [0.1, 0.15) is 58.5 Å². The maximum atomic E-state index is 11.6.